The molecule has 116 valence electrons. The molecule has 0 aliphatic carbocycles. The van der Waals surface area contributed by atoms with Gasteiger partial charge in [0.25, 0.3) is 0 Å². The summed E-state index contributed by atoms with van der Waals surface area (Å²) in [6, 6.07) is 0. The van der Waals surface area contributed by atoms with E-state index in [1.165, 1.54) is 0 Å². The van der Waals surface area contributed by atoms with Crippen molar-refractivity contribution in [2.45, 2.75) is 78.3 Å². The molecule has 1 saturated heterocycles. The Kier molecular flexibility index (Phi) is 6.46. The molecule has 20 heavy (non-hydrogen) atoms. The van der Waals surface area contributed by atoms with Crippen LogP contribution < -0.4 is 0 Å². The molecule has 0 radical (unpaired) electrons. The van der Waals surface area contributed by atoms with Gasteiger partial charge in [-0.1, -0.05) is 0 Å². The predicted molar refractivity (Wildman–Crippen MR) is 74.1 cm³/mol. The van der Waals surface area contributed by atoms with Gasteiger partial charge < -0.3 is 14.2 Å². The molecular weight excluding hydrogens is 260 g/mol. The maximum atomic E-state index is 12.1. The van der Waals surface area contributed by atoms with Gasteiger partial charge in [0.2, 0.25) is 0 Å². The fraction of sp³-hybridized carbons (Fsp3) is 0.867. The molecule has 1 heterocycles. The first kappa shape index (κ1) is 17.0. The van der Waals surface area contributed by atoms with Gasteiger partial charge in [0, 0.05) is 0 Å². The lowest BCUT2D eigenvalue weighted by Gasteiger charge is -2.21. The van der Waals surface area contributed by atoms with Crippen molar-refractivity contribution in [3.05, 3.63) is 0 Å². The maximum Gasteiger partial charge on any atom is 0.320 e. The summed E-state index contributed by atoms with van der Waals surface area (Å²) in [5.41, 5.74) is 0. The van der Waals surface area contributed by atoms with Crippen LogP contribution in [-0.4, -0.2) is 36.4 Å². The van der Waals surface area contributed by atoms with Crippen LogP contribution in [0.2, 0.25) is 0 Å². The number of carbonyl (C=O) groups excluding carboxylic acids is 2. The van der Waals surface area contributed by atoms with E-state index < -0.39 is 17.9 Å². The Bertz CT molecular complexity index is 315. The van der Waals surface area contributed by atoms with Crippen molar-refractivity contribution < 1.29 is 23.8 Å². The zero-order valence-corrected chi connectivity index (χ0v) is 13.0. The van der Waals surface area contributed by atoms with E-state index in [-0.39, 0.29) is 24.4 Å². The number of ether oxygens (including phenoxy) is 3. The highest BCUT2D eigenvalue weighted by molar-refractivity contribution is 5.95. The number of rotatable bonds is 6. The van der Waals surface area contributed by atoms with Crippen molar-refractivity contribution in [1.82, 2.24) is 0 Å². The Hall–Kier alpha value is -1.10. The Morgan fingerprint density at radius 3 is 1.90 bits per heavy atom. The summed E-state index contributed by atoms with van der Waals surface area (Å²) < 4.78 is 16.0. The van der Waals surface area contributed by atoms with Crippen molar-refractivity contribution >= 4 is 11.9 Å². The predicted octanol–water partition coefficient (Wildman–Crippen LogP) is 2.46. The molecule has 0 aromatic heterocycles. The first-order valence-corrected chi connectivity index (χ1v) is 7.36. The molecule has 0 aromatic carbocycles. The van der Waals surface area contributed by atoms with Gasteiger partial charge in [-0.05, 0) is 53.9 Å². The number of hydrogen-bond acceptors (Lipinski definition) is 5. The molecule has 0 amide bonds. The lowest BCUT2D eigenvalue weighted by molar-refractivity contribution is -0.168. The van der Waals surface area contributed by atoms with E-state index in [0.717, 1.165) is 12.8 Å². The van der Waals surface area contributed by atoms with Gasteiger partial charge in [-0.25, -0.2) is 0 Å². The Balaban J connectivity index is 2.67. The molecule has 0 saturated carbocycles. The minimum atomic E-state index is -0.893. The third-order valence-corrected chi connectivity index (χ3v) is 3.09. The van der Waals surface area contributed by atoms with E-state index in [1.807, 2.05) is 6.92 Å². The summed E-state index contributed by atoms with van der Waals surface area (Å²) in [4.78, 5) is 24.1. The van der Waals surface area contributed by atoms with Crippen LogP contribution in [0.4, 0.5) is 0 Å². The number of carbonyl (C=O) groups is 2. The van der Waals surface area contributed by atoms with Crippen LogP contribution in [0.5, 0.6) is 0 Å². The van der Waals surface area contributed by atoms with Gasteiger partial charge in [0.05, 0.1) is 24.4 Å². The molecule has 5 nitrogen and oxygen atoms in total. The molecule has 1 fully saturated rings. The second kappa shape index (κ2) is 7.62. The average Bonchev–Trinajstić information content (AvgIpc) is 2.69. The standard InChI is InChI=1S/C15H26O5/c1-9(2)18-14(16)13(15(17)19-10(3)4)8-12-7-6-11(5)20-12/h9-13H,6-8H2,1-5H3. The first-order valence-electron chi connectivity index (χ1n) is 7.36. The highest BCUT2D eigenvalue weighted by Crippen LogP contribution is 2.26. The molecule has 1 aliphatic heterocycles. The summed E-state index contributed by atoms with van der Waals surface area (Å²) in [6.45, 7) is 9.04. The van der Waals surface area contributed by atoms with E-state index in [2.05, 4.69) is 0 Å². The molecule has 2 unspecified atom stereocenters. The van der Waals surface area contributed by atoms with Crippen LogP contribution >= 0.6 is 0 Å². The van der Waals surface area contributed by atoms with Crippen molar-refractivity contribution in [3.63, 3.8) is 0 Å². The number of esters is 2. The largest absolute Gasteiger partial charge is 0.462 e. The molecule has 0 spiro atoms. The second-order valence-electron chi connectivity index (χ2n) is 5.91. The number of hydrogen-bond donors (Lipinski definition) is 0. The topological polar surface area (TPSA) is 61.8 Å². The van der Waals surface area contributed by atoms with Gasteiger partial charge in [-0.3, -0.25) is 9.59 Å². The normalized spacial score (nSPS) is 22.6. The van der Waals surface area contributed by atoms with Crippen molar-refractivity contribution in [3.8, 4) is 0 Å². The van der Waals surface area contributed by atoms with Crippen LogP contribution in [0, 0.1) is 5.92 Å². The molecule has 2 atom stereocenters. The Labute approximate surface area is 121 Å². The minimum absolute atomic E-state index is 0.0746. The fourth-order valence-electron chi connectivity index (χ4n) is 2.24. The van der Waals surface area contributed by atoms with Gasteiger partial charge in [0.15, 0.2) is 5.92 Å². The highest BCUT2D eigenvalue weighted by atomic mass is 16.6. The maximum absolute atomic E-state index is 12.1. The molecule has 0 aromatic rings. The van der Waals surface area contributed by atoms with E-state index in [1.54, 1.807) is 27.7 Å². The zero-order chi connectivity index (χ0) is 15.3. The van der Waals surface area contributed by atoms with Crippen LogP contribution in [0.1, 0.15) is 53.9 Å². The van der Waals surface area contributed by atoms with Gasteiger partial charge >= 0.3 is 11.9 Å². The third kappa shape index (κ3) is 5.49. The quantitative estimate of drug-likeness (QED) is 0.554. The Morgan fingerprint density at radius 1 is 1.05 bits per heavy atom. The smallest absolute Gasteiger partial charge is 0.320 e. The zero-order valence-electron chi connectivity index (χ0n) is 13.0. The third-order valence-electron chi connectivity index (χ3n) is 3.09. The monoisotopic (exact) mass is 286 g/mol. The average molecular weight is 286 g/mol. The lowest BCUT2D eigenvalue weighted by Crippen LogP contribution is -2.34. The van der Waals surface area contributed by atoms with Crippen LogP contribution in [-0.2, 0) is 23.8 Å². The van der Waals surface area contributed by atoms with E-state index >= 15 is 0 Å². The molecule has 5 heteroatoms. The Morgan fingerprint density at radius 2 is 1.55 bits per heavy atom. The summed E-state index contributed by atoms with van der Waals surface area (Å²) >= 11 is 0. The van der Waals surface area contributed by atoms with Crippen LogP contribution in [0.15, 0.2) is 0 Å². The van der Waals surface area contributed by atoms with E-state index in [4.69, 9.17) is 14.2 Å². The summed E-state index contributed by atoms with van der Waals surface area (Å²) in [5, 5.41) is 0. The minimum Gasteiger partial charge on any atom is -0.462 e. The molecular formula is C15H26O5. The summed E-state index contributed by atoms with van der Waals surface area (Å²) in [7, 11) is 0. The fourth-order valence-corrected chi connectivity index (χ4v) is 2.24. The molecule has 0 bridgehead atoms. The van der Waals surface area contributed by atoms with Crippen molar-refractivity contribution in [2.75, 3.05) is 0 Å². The van der Waals surface area contributed by atoms with Crippen LogP contribution in [0.25, 0.3) is 0 Å². The first-order chi connectivity index (χ1) is 9.29. The SMILES string of the molecule is CC(C)OC(=O)C(CC1CCC(C)O1)C(=O)OC(C)C. The highest BCUT2D eigenvalue weighted by Gasteiger charge is 2.36. The van der Waals surface area contributed by atoms with Gasteiger partial charge in [-0.15, -0.1) is 0 Å². The van der Waals surface area contributed by atoms with Crippen LogP contribution in [0.3, 0.4) is 0 Å². The van der Waals surface area contributed by atoms with Gasteiger partial charge in [-0.2, -0.15) is 0 Å². The molecule has 0 N–H and O–H groups in total. The lowest BCUT2D eigenvalue weighted by atomic mass is 9.99. The second-order valence-corrected chi connectivity index (χ2v) is 5.91. The summed E-state index contributed by atoms with van der Waals surface area (Å²) in [6.07, 6.45) is 1.76. The van der Waals surface area contributed by atoms with Gasteiger partial charge in [0.1, 0.15) is 0 Å². The van der Waals surface area contributed by atoms with E-state index in [0.29, 0.717) is 6.42 Å². The van der Waals surface area contributed by atoms with Crippen molar-refractivity contribution in [2.24, 2.45) is 5.92 Å². The summed E-state index contributed by atoms with van der Waals surface area (Å²) in [5.74, 6) is -1.93. The molecule has 1 aliphatic rings. The molecule has 1 rings (SSSR count). The van der Waals surface area contributed by atoms with E-state index in [9.17, 15) is 9.59 Å². The van der Waals surface area contributed by atoms with Crippen molar-refractivity contribution in [1.29, 1.82) is 0 Å².